The fourth-order valence-corrected chi connectivity index (χ4v) is 9.08. The number of fused-ring (bicyclic) bond motifs is 5. The first-order valence-electron chi connectivity index (χ1n) is 21.5. The monoisotopic (exact) mass is 905 g/mol. The van der Waals surface area contributed by atoms with E-state index in [1.807, 2.05) is 6.92 Å². The molecule has 3 aromatic heterocycles. The largest absolute Gasteiger partial charge is 0.469 e. The summed E-state index contributed by atoms with van der Waals surface area (Å²) in [5.41, 5.74) is 3.52. The third kappa shape index (κ3) is 8.33. The Bertz CT molecular complexity index is 2640. The van der Waals surface area contributed by atoms with Gasteiger partial charge in [-0.25, -0.2) is 37.1 Å². The number of halogens is 4. The Morgan fingerprint density at radius 2 is 1.43 bits per heavy atom. The maximum atomic E-state index is 16.9. The van der Waals surface area contributed by atoms with E-state index in [0.717, 1.165) is 12.0 Å². The van der Waals surface area contributed by atoms with Gasteiger partial charge in [-0.05, 0) is 36.1 Å². The highest BCUT2D eigenvalue weighted by atomic mass is 19.3. The van der Waals surface area contributed by atoms with Crippen molar-refractivity contribution in [1.29, 1.82) is 0 Å². The van der Waals surface area contributed by atoms with E-state index in [-0.39, 0.29) is 30.1 Å². The van der Waals surface area contributed by atoms with Crippen molar-refractivity contribution >= 4 is 34.9 Å². The summed E-state index contributed by atoms with van der Waals surface area (Å²) in [7, 11) is 2.34. The molecular formula is C45H51F4N9O7. The number of alkyl carbamates (subject to hydrolysis) is 2. The lowest BCUT2D eigenvalue weighted by atomic mass is 10.0. The number of aromatic amines is 2. The van der Waals surface area contributed by atoms with Gasteiger partial charge in [0.15, 0.2) is 12.0 Å². The Kier molecular flexibility index (Phi) is 12.1. The van der Waals surface area contributed by atoms with Crippen LogP contribution in [-0.4, -0.2) is 110 Å². The number of H-pyrrole nitrogens is 2. The van der Waals surface area contributed by atoms with Crippen LogP contribution in [0.1, 0.15) is 83.8 Å². The van der Waals surface area contributed by atoms with Crippen LogP contribution in [0.3, 0.4) is 0 Å². The summed E-state index contributed by atoms with van der Waals surface area (Å²) in [5.74, 6) is -4.70. The number of carbonyl (C=O) groups excluding carboxylic acids is 4. The molecule has 3 aliphatic rings. The van der Waals surface area contributed by atoms with E-state index < -0.39 is 91.2 Å². The minimum absolute atomic E-state index is 0.00975. The lowest BCUT2D eigenvalue weighted by Gasteiger charge is -2.30. The van der Waals surface area contributed by atoms with Gasteiger partial charge in [0.2, 0.25) is 11.8 Å². The number of ether oxygens (including phenoxy) is 3. The first-order valence-corrected chi connectivity index (χ1v) is 21.5. The SMILES string of the molecule is CCC1Oc2cc(-c3cnc([C@@H]4C[C@@H](F)CN4C(=O)[C@@H](NC(=O)OC)C(C)C)[nH]3)ccc2-c2c(F)c3cc(-c4cnc([C@@H]5CC(F)(F)CN5C(=O)[C@@H](NC(=O)OC)C(C)C)[nH]4)ccc3n21. The number of rotatable bonds is 11. The molecule has 0 aliphatic carbocycles. The van der Waals surface area contributed by atoms with Crippen LogP contribution in [0.15, 0.2) is 48.8 Å². The molecule has 4 N–H and O–H groups in total. The highest BCUT2D eigenvalue weighted by Crippen LogP contribution is 2.47. The number of benzene rings is 2. The molecule has 3 aliphatic heterocycles. The van der Waals surface area contributed by atoms with Crippen molar-refractivity contribution in [3.8, 4) is 39.5 Å². The van der Waals surface area contributed by atoms with Gasteiger partial charge in [0.25, 0.3) is 5.92 Å². The van der Waals surface area contributed by atoms with Crippen LogP contribution in [-0.2, 0) is 19.1 Å². The third-order valence-electron chi connectivity index (χ3n) is 12.4. The van der Waals surface area contributed by atoms with Crippen LogP contribution in [0.5, 0.6) is 5.75 Å². The molecule has 16 nitrogen and oxygen atoms in total. The summed E-state index contributed by atoms with van der Waals surface area (Å²) < 4.78 is 79.4. The Morgan fingerprint density at radius 1 is 0.862 bits per heavy atom. The molecule has 4 amide bonds. The molecule has 8 rings (SSSR count). The second-order valence-electron chi connectivity index (χ2n) is 17.4. The van der Waals surface area contributed by atoms with Crippen molar-refractivity contribution in [1.82, 2.24) is 44.9 Å². The lowest BCUT2D eigenvalue weighted by Crippen LogP contribution is -2.51. The molecule has 6 heterocycles. The molecule has 1 unspecified atom stereocenters. The highest BCUT2D eigenvalue weighted by Gasteiger charge is 2.50. The summed E-state index contributed by atoms with van der Waals surface area (Å²) in [5, 5.41) is 5.30. The van der Waals surface area contributed by atoms with E-state index in [2.05, 4.69) is 35.3 Å². The van der Waals surface area contributed by atoms with Crippen LogP contribution in [0, 0.1) is 17.7 Å². The number of aromatic nitrogens is 5. The zero-order chi connectivity index (χ0) is 46.6. The molecule has 0 spiro atoms. The molecule has 0 bridgehead atoms. The van der Waals surface area contributed by atoms with Gasteiger partial charge < -0.3 is 49.2 Å². The number of nitrogens with zero attached hydrogens (tertiary/aromatic N) is 5. The molecular weight excluding hydrogens is 855 g/mol. The van der Waals surface area contributed by atoms with E-state index in [1.165, 1.54) is 18.2 Å². The summed E-state index contributed by atoms with van der Waals surface area (Å²) in [4.78, 5) is 69.0. The quantitative estimate of drug-likeness (QED) is 0.0959. The van der Waals surface area contributed by atoms with Gasteiger partial charge in [0, 0.05) is 41.3 Å². The minimum atomic E-state index is -3.21. The van der Waals surface area contributed by atoms with Crippen LogP contribution in [0.25, 0.3) is 44.7 Å². The zero-order valence-corrected chi connectivity index (χ0v) is 36.9. The molecule has 6 atom stereocenters. The minimum Gasteiger partial charge on any atom is -0.469 e. The number of likely N-dealkylation sites (tertiary alicyclic amines) is 2. The van der Waals surface area contributed by atoms with E-state index in [9.17, 15) is 32.3 Å². The fraction of sp³-hybridized carbons (Fsp3) is 0.467. The molecule has 346 valence electrons. The molecule has 2 saturated heterocycles. The summed E-state index contributed by atoms with van der Waals surface area (Å²) >= 11 is 0. The second kappa shape index (κ2) is 17.4. The first kappa shape index (κ1) is 45.0. The number of carbonyl (C=O) groups is 4. The predicted molar refractivity (Wildman–Crippen MR) is 229 cm³/mol. The second-order valence-corrected chi connectivity index (χ2v) is 17.4. The van der Waals surface area contributed by atoms with E-state index >= 15 is 4.39 Å². The van der Waals surface area contributed by atoms with Crippen LogP contribution in [0.2, 0.25) is 0 Å². The summed E-state index contributed by atoms with van der Waals surface area (Å²) in [6, 6.07) is 6.55. The zero-order valence-electron chi connectivity index (χ0n) is 36.9. The summed E-state index contributed by atoms with van der Waals surface area (Å²) in [6.45, 7) is 7.80. The fourth-order valence-electron chi connectivity index (χ4n) is 9.08. The smallest absolute Gasteiger partial charge is 0.407 e. The number of alkyl halides is 3. The van der Waals surface area contributed by atoms with E-state index in [4.69, 9.17) is 9.47 Å². The standard InChI is InChI=1S/C45H51F4N9O7/c1-8-34-58-30-12-10-23(28-17-51-40(53-28)32-16-45(48,49)20-57(32)42(60)37(22(4)5)55-44(62)64-7)13-27(30)35(47)38(58)26-11-9-24(14-33(26)65-34)29-18-50-39(52-29)31-15-25(46)19-56(31)41(59)36(21(2)3)54-43(61)63-6/h9-14,17-18,21-22,25,31-32,34,36-37H,8,15-16,19-20H2,1-7H3,(H,50,52)(H,51,53)(H,54,61)(H,55,62)/t25-,31+,32+,34?,36+,37+/m1/s1. The van der Waals surface area contributed by atoms with Crippen molar-refractivity contribution in [2.75, 3.05) is 27.3 Å². The van der Waals surface area contributed by atoms with Crippen molar-refractivity contribution in [3.63, 3.8) is 0 Å². The maximum absolute atomic E-state index is 16.9. The van der Waals surface area contributed by atoms with Crippen molar-refractivity contribution < 1.29 is 51.0 Å². The number of hydrogen-bond acceptors (Lipinski definition) is 9. The first-order chi connectivity index (χ1) is 30.9. The molecule has 5 aromatic rings. The van der Waals surface area contributed by atoms with Crippen molar-refractivity contribution in [3.05, 3.63) is 66.3 Å². The Morgan fingerprint density at radius 3 is 2.02 bits per heavy atom. The molecule has 0 saturated carbocycles. The lowest BCUT2D eigenvalue weighted by molar-refractivity contribution is -0.137. The van der Waals surface area contributed by atoms with Gasteiger partial charge in [-0.15, -0.1) is 0 Å². The van der Waals surface area contributed by atoms with Gasteiger partial charge in [-0.2, -0.15) is 0 Å². The number of amides is 4. The highest BCUT2D eigenvalue weighted by molar-refractivity contribution is 5.93. The average molecular weight is 906 g/mol. The Labute approximate surface area is 371 Å². The molecule has 2 aromatic carbocycles. The number of methoxy groups -OCH3 is 2. The van der Waals surface area contributed by atoms with Crippen LogP contribution >= 0.6 is 0 Å². The average Bonchev–Trinajstić information content (AvgIpc) is 4.13. The predicted octanol–water partition coefficient (Wildman–Crippen LogP) is 7.81. The van der Waals surface area contributed by atoms with Crippen molar-refractivity contribution in [2.45, 2.75) is 96.4 Å². The third-order valence-corrected chi connectivity index (χ3v) is 12.4. The van der Waals surface area contributed by atoms with Gasteiger partial charge in [-0.3, -0.25) is 9.59 Å². The number of imidazole rings is 2. The van der Waals surface area contributed by atoms with Crippen molar-refractivity contribution in [2.24, 2.45) is 11.8 Å². The van der Waals surface area contributed by atoms with Gasteiger partial charge in [0.1, 0.15) is 35.7 Å². The molecule has 2 fully saturated rings. The van der Waals surface area contributed by atoms with Crippen LogP contribution in [0.4, 0.5) is 27.2 Å². The van der Waals surface area contributed by atoms with Gasteiger partial charge in [-0.1, -0.05) is 46.8 Å². The topological polar surface area (TPSA) is 189 Å². The number of nitrogens with one attached hydrogen (secondary N) is 4. The van der Waals surface area contributed by atoms with Crippen LogP contribution < -0.4 is 15.4 Å². The van der Waals surface area contributed by atoms with Gasteiger partial charge in [0.05, 0.1) is 74.4 Å². The normalized spacial score (nSPS) is 20.9. The Hall–Kier alpha value is -6.60. The molecule has 20 heteroatoms. The van der Waals surface area contributed by atoms with E-state index in [0.29, 0.717) is 57.3 Å². The maximum Gasteiger partial charge on any atom is 0.407 e. The number of hydrogen-bond donors (Lipinski definition) is 4. The summed E-state index contributed by atoms with van der Waals surface area (Å²) in [6.07, 6.45) is -0.699. The Balaban J connectivity index is 1.07. The van der Waals surface area contributed by atoms with Gasteiger partial charge >= 0.3 is 12.2 Å². The molecule has 0 radical (unpaired) electrons. The molecule has 65 heavy (non-hydrogen) atoms. The van der Waals surface area contributed by atoms with E-state index in [1.54, 1.807) is 74.9 Å².